The summed E-state index contributed by atoms with van der Waals surface area (Å²) in [6.45, 7) is 0. The summed E-state index contributed by atoms with van der Waals surface area (Å²) < 4.78 is 0.690. The van der Waals surface area contributed by atoms with Crippen molar-refractivity contribution in [1.82, 2.24) is 0 Å². The van der Waals surface area contributed by atoms with Crippen molar-refractivity contribution in [2.75, 3.05) is 5.43 Å². The van der Waals surface area contributed by atoms with Gasteiger partial charge in [-0.05, 0) is 22.0 Å². The van der Waals surface area contributed by atoms with E-state index in [-0.39, 0.29) is 15.8 Å². The Labute approximate surface area is 100.0 Å². The second kappa shape index (κ2) is 4.53. The van der Waals surface area contributed by atoms with Crippen LogP contribution < -0.4 is 5.43 Å². The molecular formula is C6H3Br2N3O4. The number of rotatable bonds is 3. The van der Waals surface area contributed by atoms with E-state index in [9.17, 15) is 20.2 Å². The van der Waals surface area contributed by atoms with Crippen LogP contribution in [0.2, 0.25) is 0 Å². The number of benzene rings is 1. The molecule has 80 valence electrons. The van der Waals surface area contributed by atoms with Crippen molar-refractivity contribution in [2.24, 2.45) is 0 Å². The maximum Gasteiger partial charge on any atom is 0.300 e. The van der Waals surface area contributed by atoms with E-state index in [0.717, 1.165) is 0 Å². The van der Waals surface area contributed by atoms with E-state index in [1.807, 2.05) is 0 Å². The van der Waals surface area contributed by atoms with Crippen LogP contribution in [0.3, 0.4) is 0 Å². The lowest BCUT2D eigenvalue weighted by Crippen LogP contribution is -2.10. The van der Waals surface area contributed by atoms with E-state index in [0.29, 0.717) is 4.47 Å². The lowest BCUT2D eigenvalue weighted by molar-refractivity contribution is -0.447. The van der Waals surface area contributed by atoms with Crippen LogP contribution in [0.15, 0.2) is 21.1 Å². The maximum atomic E-state index is 10.6. The van der Waals surface area contributed by atoms with E-state index in [1.165, 1.54) is 12.1 Å². The van der Waals surface area contributed by atoms with Gasteiger partial charge in [0, 0.05) is 10.5 Å². The molecule has 9 heteroatoms. The number of anilines is 1. The molecule has 0 unspecified atom stereocenters. The molecule has 0 bridgehead atoms. The summed E-state index contributed by atoms with van der Waals surface area (Å²) in [5.41, 5.74) is 1.19. The Bertz CT molecular complexity index is 437. The number of hydrogen-bond donors (Lipinski definition) is 1. The van der Waals surface area contributed by atoms with Gasteiger partial charge in [0.15, 0.2) is 10.7 Å². The highest BCUT2D eigenvalue weighted by atomic mass is 79.9. The van der Waals surface area contributed by atoms with Crippen LogP contribution in [0.1, 0.15) is 0 Å². The molecule has 1 N–H and O–H groups in total. The number of nitro groups is 2. The largest absolute Gasteiger partial charge is 0.300 e. The first-order valence-corrected chi connectivity index (χ1v) is 5.05. The molecule has 0 saturated heterocycles. The van der Waals surface area contributed by atoms with Crippen molar-refractivity contribution >= 4 is 43.2 Å². The zero-order valence-electron chi connectivity index (χ0n) is 6.94. The molecule has 0 amide bonds. The van der Waals surface area contributed by atoms with Crippen LogP contribution in [0.5, 0.6) is 0 Å². The fourth-order valence-electron chi connectivity index (χ4n) is 0.906. The topological polar surface area (TPSA) is 98.3 Å². The SMILES string of the molecule is O=[N+]([O-])Nc1c(Br)cc(Br)cc1[N+](=O)[O-]. The van der Waals surface area contributed by atoms with Crippen molar-refractivity contribution in [3.8, 4) is 0 Å². The van der Waals surface area contributed by atoms with Gasteiger partial charge in [0.05, 0.1) is 9.40 Å². The summed E-state index contributed by atoms with van der Waals surface area (Å²) in [4.78, 5) is 20.1. The van der Waals surface area contributed by atoms with Gasteiger partial charge in [-0.3, -0.25) is 10.1 Å². The van der Waals surface area contributed by atoms with Gasteiger partial charge in [-0.2, -0.15) is 0 Å². The number of hydrogen-bond acceptors (Lipinski definition) is 4. The van der Waals surface area contributed by atoms with Crippen LogP contribution in [-0.2, 0) is 0 Å². The lowest BCUT2D eigenvalue weighted by Gasteiger charge is -2.02. The zero-order chi connectivity index (χ0) is 11.6. The standard InChI is InChI=1S/C6H3Br2N3O4/c7-3-1-4(8)6(9-11(14)15)5(2-3)10(12)13/h1-2,9H. The average Bonchev–Trinajstić information content (AvgIpc) is 2.08. The molecule has 1 rings (SSSR count). The second-order valence-electron chi connectivity index (χ2n) is 2.41. The van der Waals surface area contributed by atoms with Crippen molar-refractivity contribution in [3.63, 3.8) is 0 Å². The van der Waals surface area contributed by atoms with E-state index in [4.69, 9.17) is 0 Å². The highest BCUT2D eigenvalue weighted by molar-refractivity contribution is 9.11. The Kier molecular flexibility index (Phi) is 3.58. The fraction of sp³-hybridized carbons (Fsp3) is 0. The third-order valence-electron chi connectivity index (χ3n) is 1.43. The average molecular weight is 341 g/mol. The Morgan fingerprint density at radius 3 is 2.27 bits per heavy atom. The van der Waals surface area contributed by atoms with Crippen LogP contribution in [0, 0.1) is 20.2 Å². The number of nitrogens with one attached hydrogen (secondary N) is 1. The molecule has 0 atom stereocenters. The first-order chi connectivity index (χ1) is 6.91. The quantitative estimate of drug-likeness (QED) is 0.673. The number of nitro benzene ring substituents is 1. The minimum absolute atomic E-state index is 0.187. The predicted molar refractivity (Wildman–Crippen MR) is 59.1 cm³/mol. The van der Waals surface area contributed by atoms with Gasteiger partial charge in [0.2, 0.25) is 0 Å². The van der Waals surface area contributed by atoms with Gasteiger partial charge in [-0.25, -0.2) is 10.1 Å². The van der Waals surface area contributed by atoms with Crippen LogP contribution in [-0.4, -0.2) is 9.96 Å². The van der Waals surface area contributed by atoms with Crippen molar-refractivity contribution in [3.05, 3.63) is 41.3 Å². The van der Waals surface area contributed by atoms with Crippen LogP contribution in [0.4, 0.5) is 11.4 Å². The van der Waals surface area contributed by atoms with Gasteiger partial charge in [0.1, 0.15) is 0 Å². The molecule has 1 aromatic carbocycles. The Balaban J connectivity index is 3.33. The minimum Gasteiger partial charge on any atom is -0.258 e. The van der Waals surface area contributed by atoms with Gasteiger partial charge in [-0.1, -0.05) is 21.4 Å². The third-order valence-corrected chi connectivity index (χ3v) is 2.52. The Morgan fingerprint density at radius 1 is 1.20 bits per heavy atom. The molecule has 0 radical (unpaired) electrons. The number of hydrazine groups is 1. The summed E-state index contributed by atoms with van der Waals surface area (Å²) in [5.74, 6) is 0. The molecule has 0 heterocycles. The summed E-state index contributed by atoms with van der Waals surface area (Å²) in [5, 5.41) is 20.0. The molecule has 15 heavy (non-hydrogen) atoms. The smallest absolute Gasteiger partial charge is 0.258 e. The predicted octanol–water partition coefficient (Wildman–Crippen LogP) is 2.72. The third kappa shape index (κ3) is 2.86. The van der Waals surface area contributed by atoms with Crippen LogP contribution >= 0.6 is 31.9 Å². The summed E-state index contributed by atoms with van der Waals surface area (Å²) in [6, 6.07) is 2.65. The van der Waals surface area contributed by atoms with Gasteiger partial charge < -0.3 is 0 Å². The van der Waals surface area contributed by atoms with E-state index >= 15 is 0 Å². The van der Waals surface area contributed by atoms with Gasteiger partial charge in [0.25, 0.3) is 0 Å². The first-order valence-electron chi connectivity index (χ1n) is 3.46. The number of halogens is 2. The molecule has 0 aliphatic carbocycles. The fourth-order valence-corrected chi connectivity index (χ4v) is 2.20. The van der Waals surface area contributed by atoms with Gasteiger partial charge in [-0.15, -0.1) is 0 Å². The molecular weight excluding hydrogens is 338 g/mol. The highest BCUT2D eigenvalue weighted by Gasteiger charge is 2.21. The zero-order valence-corrected chi connectivity index (χ0v) is 10.1. The molecule has 0 aliphatic heterocycles. The molecule has 0 saturated carbocycles. The summed E-state index contributed by atoms with van der Waals surface area (Å²) >= 11 is 6.04. The summed E-state index contributed by atoms with van der Waals surface area (Å²) in [7, 11) is 0. The molecule has 0 aliphatic rings. The highest BCUT2D eigenvalue weighted by Crippen LogP contribution is 2.35. The van der Waals surface area contributed by atoms with Gasteiger partial charge >= 0.3 is 5.69 Å². The van der Waals surface area contributed by atoms with E-state index in [1.54, 1.807) is 5.43 Å². The van der Waals surface area contributed by atoms with Crippen LogP contribution in [0.25, 0.3) is 0 Å². The monoisotopic (exact) mass is 339 g/mol. The lowest BCUT2D eigenvalue weighted by atomic mass is 10.3. The second-order valence-corrected chi connectivity index (χ2v) is 4.18. The molecule has 1 aromatic rings. The molecule has 0 spiro atoms. The molecule has 0 fully saturated rings. The minimum atomic E-state index is -0.860. The maximum absolute atomic E-state index is 10.6. The van der Waals surface area contributed by atoms with E-state index < -0.39 is 9.96 Å². The Hall–Kier alpha value is -1.22. The number of nitrogens with zero attached hydrogens (tertiary/aromatic N) is 2. The molecule has 0 aromatic heterocycles. The Morgan fingerprint density at radius 2 is 1.80 bits per heavy atom. The van der Waals surface area contributed by atoms with Crippen molar-refractivity contribution < 1.29 is 9.96 Å². The normalized spacial score (nSPS) is 9.73. The molecule has 7 nitrogen and oxygen atoms in total. The van der Waals surface area contributed by atoms with Crippen molar-refractivity contribution in [2.45, 2.75) is 0 Å². The van der Waals surface area contributed by atoms with Crippen molar-refractivity contribution in [1.29, 1.82) is 0 Å². The van der Waals surface area contributed by atoms with E-state index in [2.05, 4.69) is 31.9 Å². The summed E-state index contributed by atoms with van der Waals surface area (Å²) in [6.07, 6.45) is 0. The first kappa shape index (κ1) is 11.9.